The molecule has 1 saturated heterocycles. The minimum Gasteiger partial charge on any atom is -0.390 e. The average molecular weight is 815 g/mol. The maximum absolute atomic E-state index is 13.7. The summed E-state index contributed by atoms with van der Waals surface area (Å²) in [5.41, 5.74) is 2.79. The molecule has 7 rings (SSSR count). The quantitative estimate of drug-likeness (QED) is 0.123. The fraction of sp³-hybridized carbons (Fsp3) is 0.348. The predicted molar refractivity (Wildman–Crippen MR) is 222 cm³/mol. The van der Waals surface area contributed by atoms with Crippen LogP contribution in [0, 0.1) is 0 Å². The highest BCUT2D eigenvalue weighted by atomic mass is 16.3. The average Bonchev–Trinajstić information content (AvgIpc) is 3.67. The van der Waals surface area contributed by atoms with Crippen molar-refractivity contribution in [2.45, 2.75) is 63.1 Å². The summed E-state index contributed by atoms with van der Waals surface area (Å²) in [5.74, 6) is -3.26. The third-order valence-electron chi connectivity index (χ3n) is 11.7. The topological polar surface area (TPSA) is 180 Å². The van der Waals surface area contributed by atoms with Crippen LogP contribution in [-0.2, 0) is 22.4 Å². The lowest BCUT2D eigenvalue weighted by molar-refractivity contribution is -0.127. The Balaban J connectivity index is 0.960. The number of imide groups is 2. The Hall–Kier alpha value is -6.06. The van der Waals surface area contributed by atoms with Gasteiger partial charge in [0.1, 0.15) is 12.1 Å². The lowest BCUT2D eigenvalue weighted by Crippen LogP contribution is -2.58. The molecule has 6 atom stereocenters. The van der Waals surface area contributed by atoms with Crippen molar-refractivity contribution < 1.29 is 39.0 Å². The molecular weight excluding hydrogens is 765 g/mol. The van der Waals surface area contributed by atoms with Crippen LogP contribution >= 0.6 is 0 Å². The molecule has 0 saturated carbocycles. The standard InChI is InChI=1S/C46H50N6O8/c1-29(51-43(57)33-17-9-10-18-34(33)44(51)58)41(55)47-37(25-31-13-5-3-6-14-31)39(53)27-49-21-23-50(24-22-49)28-40(54)38(26-32-15-7-4-8-16-32)48-42(56)30(2)52-45(59)35-19-11-12-20-36(35)46(52)60/h3-20,29-30,37-40,53-54H,21-28H2,1-2H3,(H,47,55)(H,48,56)/t29-,30-,37-,38+,39+,40-/m0/s1. The Morgan fingerprint density at radius 2 is 0.783 bits per heavy atom. The van der Waals surface area contributed by atoms with Gasteiger partial charge in [0.2, 0.25) is 11.8 Å². The summed E-state index contributed by atoms with van der Waals surface area (Å²) in [6, 6.07) is 28.1. The van der Waals surface area contributed by atoms with Crippen molar-refractivity contribution in [3.8, 4) is 0 Å². The number of nitrogens with one attached hydrogen (secondary N) is 2. The van der Waals surface area contributed by atoms with Gasteiger partial charge in [-0.3, -0.25) is 48.4 Å². The Kier molecular flexibility index (Phi) is 13.0. The fourth-order valence-corrected chi connectivity index (χ4v) is 8.20. The van der Waals surface area contributed by atoms with E-state index in [0.29, 0.717) is 39.0 Å². The van der Waals surface area contributed by atoms with E-state index < -0.39 is 71.8 Å². The van der Waals surface area contributed by atoms with Gasteiger partial charge >= 0.3 is 0 Å². The van der Waals surface area contributed by atoms with Crippen LogP contribution in [-0.4, -0.2) is 141 Å². The number of hydrogen-bond donors (Lipinski definition) is 4. The van der Waals surface area contributed by atoms with Gasteiger partial charge < -0.3 is 20.8 Å². The summed E-state index contributed by atoms with van der Waals surface area (Å²) in [4.78, 5) is 85.9. The summed E-state index contributed by atoms with van der Waals surface area (Å²) in [5, 5.41) is 29.1. The van der Waals surface area contributed by atoms with E-state index in [1.165, 1.54) is 13.8 Å². The summed E-state index contributed by atoms with van der Waals surface area (Å²) in [6.45, 7) is 5.67. The number of carbonyl (C=O) groups is 6. The number of hydrogen-bond acceptors (Lipinski definition) is 10. The lowest BCUT2D eigenvalue weighted by atomic mass is 9.99. The normalized spacial score (nSPS) is 18.7. The SMILES string of the molecule is C[C@@H](C(=O)N[C@@H](Cc1ccccc1)[C@H](O)CN1CCN(C[C@H](O)[C@@H](Cc2ccccc2)NC(=O)[C@H](C)N2C(=O)c3ccccc3C2=O)CC1)N1C(=O)c2ccccc2C1=O. The van der Waals surface area contributed by atoms with Crippen LogP contribution in [0.4, 0.5) is 0 Å². The molecule has 0 aromatic heterocycles. The molecule has 312 valence electrons. The molecule has 4 aromatic carbocycles. The second-order valence-corrected chi connectivity index (χ2v) is 15.7. The predicted octanol–water partition coefficient (Wildman–Crippen LogP) is 2.15. The Morgan fingerprint density at radius 3 is 1.08 bits per heavy atom. The van der Waals surface area contributed by atoms with Crippen LogP contribution in [0.15, 0.2) is 109 Å². The summed E-state index contributed by atoms with van der Waals surface area (Å²) < 4.78 is 0. The molecule has 0 unspecified atom stereocenters. The second-order valence-electron chi connectivity index (χ2n) is 15.7. The molecule has 4 aromatic rings. The largest absolute Gasteiger partial charge is 0.390 e. The molecule has 3 aliphatic heterocycles. The lowest BCUT2D eigenvalue weighted by Gasteiger charge is -2.39. The molecule has 1 fully saturated rings. The van der Waals surface area contributed by atoms with Gasteiger partial charge in [-0.1, -0.05) is 84.9 Å². The van der Waals surface area contributed by atoms with Crippen molar-refractivity contribution in [3.63, 3.8) is 0 Å². The van der Waals surface area contributed by atoms with Crippen LogP contribution in [0.1, 0.15) is 66.4 Å². The number of β-amino-alcohol motifs (C(OH)–C–C–N with tert-alkyl or cyclic N) is 2. The molecule has 60 heavy (non-hydrogen) atoms. The van der Waals surface area contributed by atoms with Crippen molar-refractivity contribution in [1.82, 2.24) is 30.2 Å². The summed E-state index contributed by atoms with van der Waals surface area (Å²) in [7, 11) is 0. The summed E-state index contributed by atoms with van der Waals surface area (Å²) in [6.07, 6.45) is -1.38. The smallest absolute Gasteiger partial charge is 0.262 e. The van der Waals surface area contributed by atoms with Crippen LogP contribution < -0.4 is 10.6 Å². The van der Waals surface area contributed by atoms with E-state index in [9.17, 15) is 39.0 Å². The second kappa shape index (κ2) is 18.5. The van der Waals surface area contributed by atoms with Crippen LogP contribution in [0.2, 0.25) is 0 Å². The number of benzene rings is 4. The highest BCUT2D eigenvalue weighted by molar-refractivity contribution is 6.23. The molecule has 0 bridgehead atoms. The van der Waals surface area contributed by atoms with Crippen LogP contribution in [0.3, 0.4) is 0 Å². The van der Waals surface area contributed by atoms with E-state index in [4.69, 9.17) is 0 Å². The third kappa shape index (κ3) is 9.06. The van der Waals surface area contributed by atoms with E-state index in [0.717, 1.165) is 20.9 Å². The molecule has 0 spiro atoms. The van der Waals surface area contributed by atoms with E-state index in [1.54, 1.807) is 48.5 Å². The van der Waals surface area contributed by atoms with Gasteiger partial charge in [-0.15, -0.1) is 0 Å². The van der Waals surface area contributed by atoms with Crippen molar-refractivity contribution in [1.29, 1.82) is 0 Å². The van der Waals surface area contributed by atoms with Gasteiger partial charge in [0.05, 0.1) is 46.5 Å². The molecule has 3 aliphatic rings. The van der Waals surface area contributed by atoms with Gasteiger partial charge in [-0.25, -0.2) is 0 Å². The third-order valence-corrected chi connectivity index (χ3v) is 11.7. The molecule has 14 nitrogen and oxygen atoms in total. The number of amides is 6. The van der Waals surface area contributed by atoms with E-state index in [-0.39, 0.29) is 35.3 Å². The fourth-order valence-electron chi connectivity index (χ4n) is 8.20. The Morgan fingerprint density at radius 1 is 0.500 bits per heavy atom. The van der Waals surface area contributed by atoms with Crippen molar-refractivity contribution in [2.75, 3.05) is 39.3 Å². The maximum Gasteiger partial charge on any atom is 0.262 e. The molecule has 3 heterocycles. The van der Waals surface area contributed by atoms with E-state index in [1.807, 2.05) is 60.7 Å². The number of piperazine rings is 1. The van der Waals surface area contributed by atoms with Crippen LogP contribution in [0.25, 0.3) is 0 Å². The number of carbonyl (C=O) groups excluding carboxylic acids is 6. The minimum absolute atomic E-state index is 0.234. The first-order valence-corrected chi connectivity index (χ1v) is 20.3. The van der Waals surface area contributed by atoms with Gasteiger partial charge in [0.15, 0.2) is 0 Å². The molecule has 0 aliphatic carbocycles. The molecule has 4 N–H and O–H groups in total. The van der Waals surface area contributed by atoms with Crippen molar-refractivity contribution >= 4 is 35.4 Å². The highest BCUT2D eigenvalue weighted by Gasteiger charge is 2.43. The van der Waals surface area contributed by atoms with Gasteiger partial charge in [-0.05, 0) is 62.1 Å². The first-order valence-electron chi connectivity index (χ1n) is 20.3. The zero-order chi connectivity index (χ0) is 42.5. The van der Waals surface area contributed by atoms with Gasteiger partial charge in [-0.2, -0.15) is 0 Å². The Labute approximate surface area is 348 Å². The zero-order valence-corrected chi connectivity index (χ0v) is 33.6. The number of rotatable bonds is 16. The first kappa shape index (κ1) is 42.1. The Bertz CT molecular complexity index is 2000. The molecule has 0 radical (unpaired) electrons. The van der Waals surface area contributed by atoms with Gasteiger partial charge in [0.25, 0.3) is 23.6 Å². The van der Waals surface area contributed by atoms with E-state index >= 15 is 0 Å². The van der Waals surface area contributed by atoms with Crippen LogP contribution in [0.5, 0.6) is 0 Å². The highest BCUT2D eigenvalue weighted by Crippen LogP contribution is 2.26. The van der Waals surface area contributed by atoms with Crippen molar-refractivity contribution in [3.05, 3.63) is 143 Å². The van der Waals surface area contributed by atoms with Crippen molar-refractivity contribution in [2.24, 2.45) is 0 Å². The maximum atomic E-state index is 13.7. The first-order chi connectivity index (χ1) is 28.9. The zero-order valence-electron chi connectivity index (χ0n) is 33.6. The number of fused-ring (bicyclic) bond motifs is 2. The van der Waals surface area contributed by atoms with Gasteiger partial charge in [0, 0.05) is 39.3 Å². The molecule has 6 amide bonds. The number of aliphatic hydroxyl groups excluding tert-OH is 2. The van der Waals surface area contributed by atoms with E-state index in [2.05, 4.69) is 20.4 Å². The minimum atomic E-state index is -1.11. The monoisotopic (exact) mass is 814 g/mol. The number of aliphatic hydroxyl groups is 2. The summed E-state index contributed by atoms with van der Waals surface area (Å²) >= 11 is 0. The molecular formula is C46H50N6O8. The molecule has 14 heteroatoms. The number of nitrogens with zero attached hydrogens (tertiary/aromatic N) is 4.